The van der Waals surface area contributed by atoms with Crippen LogP contribution in [0.25, 0.3) is 0 Å². The molecule has 0 spiro atoms. The van der Waals surface area contributed by atoms with Crippen molar-refractivity contribution in [2.45, 2.75) is 71.1 Å². The molecule has 1 saturated carbocycles. The van der Waals surface area contributed by atoms with Crippen LogP contribution in [0.3, 0.4) is 0 Å². The van der Waals surface area contributed by atoms with Gasteiger partial charge in [-0.1, -0.05) is 25.3 Å². The van der Waals surface area contributed by atoms with Crippen LogP contribution >= 0.6 is 24.8 Å². The average molecular weight is 447 g/mol. The summed E-state index contributed by atoms with van der Waals surface area (Å²) in [6, 6.07) is 4.08. The van der Waals surface area contributed by atoms with Crippen LogP contribution in [0.5, 0.6) is 0 Å². The monoisotopic (exact) mass is 446 g/mol. The Balaban J connectivity index is 0.00000210. The molecule has 29 heavy (non-hydrogen) atoms. The van der Waals surface area contributed by atoms with Crippen molar-refractivity contribution in [2.24, 2.45) is 11.1 Å². The Labute approximate surface area is 187 Å². The summed E-state index contributed by atoms with van der Waals surface area (Å²) in [5.41, 5.74) is 7.03. The lowest BCUT2D eigenvalue weighted by atomic mass is 9.71. The number of nitrogens with one attached hydrogen (secondary N) is 1. The highest BCUT2D eigenvalue weighted by Crippen LogP contribution is 2.38. The third-order valence-electron chi connectivity index (χ3n) is 5.93. The van der Waals surface area contributed by atoms with E-state index in [1.807, 2.05) is 18.3 Å². The van der Waals surface area contributed by atoms with Gasteiger partial charge < -0.3 is 20.7 Å². The van der Waals surface area contributed by atoms with E-state index in [1.54, 1.807) is 0 Å². The summed E-state index contributed by atoms with van der Waals surface area (Å²) in [4.78, 5) is 19.3. The Hall–Kier alpha value is -1.08. The zero-order valence-electron chi connectivity index (χ0n) is 17.6. The molecule has 1 aromatic rings. The van der Waals surface area contributed by atoms with Crippen LogP contribution in [0.4, 0.5) is 5.82 Å². The predicted octanol–water partition coefficient (Wildman–Crippen LogP) is 3.45. The highest BCUT2D eigenvalue weighted by atomic mass is 35.5. The fraction of sp³-hybridized carbons (Fsp3) is 0.714. The van der Waals surface area contributed by atoms with Crippen molar-refractivity contribution in [1.29, 1.82) is 0 Å². The smallest absolute Gasteiger partial charge is 0.220 e. The number of ether oxygens (including phenoxy) is 1. The number of aromatic nitrogens is 1. The SMILES string of the molecule is CC1CN(c2ccc(CNC(=O)CC3(CN)CCCCC3)cn2)CC(C)O1.Cl.Cl. The molecule has 1 amide bonds. The summed E-state index contributed by atoms with van der Waals surface area (Å²) in [7, 11) is 0. The molecule has 2 fully saturated rings. The largest absolute Gasteiger partial charge is 0.372 e. The minimum atomic E-state index is 0. The molecule has 2 aliphatic rings. The number of hydrogen-bond donors (Lipinski definition) is 2. The molecule has 0 radical (unpaired) electrons. The second kappa shape index (κ2) is 11.9. The summed E-state index contributed by atoms with van der Waals surface area (Å²) in [5, 5.41) is 3.05. The number of carbonyl (C=O) groups is 1. The van der Waals surface area contributed by atoms with Crippen LogP contribution in [-0.2, 0) is 16.1 Å². The maximum absolute atomic E-state index is 12.4. The van der Waals surface area contributed by atoms with Crippen molar-refractivity contribution >= 4 is 36.5 Å². The lowest BCUT2D eigenvalue weighted by Gasteiger charge is -2.36. The maximum Gasteiger partial charge on any atom is 0.220 e. The Bertz CT molecular complexity index is 614. The normalized spacial score (nSPS) is 23.5. The van der Waals surface area contributed by atoms with E-state index in [2.05, 4.69) is 29.0 Å². The van der Waals surface area contributed by atoms with Gasteiger partial charge in [-0.2, -0.15) is 0 Å². The van der Waals surface area contributed by atoms with Gasteiger partial charge in [0.1, 0.15) is 5.82 Å². The van der Waals surface area contributed by atoms with E-state index in [0.717, 1.165) is 37.3 Å². The van der Waals surface area contributed by atoms with Gasteiger partial charge in [-0.25, -0.2) is 4.98 Å². The number of rotatable bonds is 6. The Morgan fingerprint density at radius 2 is 1.86 bits per heavy atom. The van der Waals surface area contributed by atoms with E-state index in [1.165, 1.54) is 19.3 Å². The van der Waals surface area contributed by atoms with Crippen molar-refractivity contribution in [3.05, 3.63) is 23.9 Å². The van der Waals surface area contributed by atoms with Crippen LogP contribution in [0, 0.1) is 5.41 Å². The zero-order valence-corrected chi connectivity index (χ0v) is 19.2. The summed E-state index contributed by atoms with van der Waals surface area (Å²) >= 11 is 0. The first-order chi connectivity index (χ1) is 13.0. The van der Waals surface area contributed by atoms with Crippen LogP contribution in [0.2, 0.25) is 0 Å². The van der Waals surface area contributed by atoms with Gasteiger partial charge in [-0.3, -0.25) is 4.79 Å². The van der Waals surface area contributed by atoms with Crippen LogP contribution < -0.4 is 16.0 Å². The quantitative estimate of drug-likeness (QED) is 0.698. The van der Waals surface area contributed by atoms with Crippen LogP contribution in [0.15, 0.2) is 18.3 Å². The number of amides is 1. The van der Waals surface area contributed by atoms with Crippen molar-refractivity contribution in [2.75, 3.05) is 24.5 Å². The molecule has 1 aromatic heterocycles. The van der Waals surface area contributed by atoms with E-state index < -0.39 is 0 Å². The van der Waals surface area contributed by atoms with Crippen LogP contribution in [-0.4, -0.2) is 42.7 Å². The predicted molar refractivity (Wildman–Crippen MR) is 122 cm³/mol. The minimum Gasteiger partial charge on any atom is -0.372 e. The number of nitrogens with two attached hydrogens (primary N) is 1. The van der Waals surface area contributed by atoms with Crippen molar-refractivity contribution in [3.8, 4) is 0 Å². The lowest BCUT2D eigenvalue weighted by Crippen LogP contribution is -2.45. The van der Waals surface area contributed by atoms with Gasteiger partial charge >= 0.3 is 0 Å². The summed E-state index contributed by atoms with van der Waals surface area (Å²) in [5.74, 6) is 1.07. The highest BCUT2D eigenvalue weighted by Gasteiger charge is 2.32. The Morgan fingerprint density at radius 3 is 2.41 bits per heavy atom. The fourth-order valence-electron chi connectivity index (χ4n) is 4.43. The number of nitrogens with zero attached hydrogens (tertiary/aromatic N) is 2. The maximum atomic E-state index is 12.4. The average Bonchev–Trinajstić information content (AvgIpc) is 2.67. The van der Waals surface area contributed by atoms with Gasteiger partial charge in [0, 0.05) is 32.3 Å². The summed E-state index contributed by atoms with van der Waals surface area (Å²) in [6.07, 6.45) is 8.62. The number of morpholine rings is 1. The van der Waals surface area contributed by atoms with Gasteiger partial charge in [-0.15, -0.1) is 24.8 Å². The number of halogens is 2. The van der Waals surface area contributed by atoms with E-state index >= 15 is 0 Å². The molecule has 166 valence electrons. The third-order valence-corrected chi connectivity index (χ3v) is 5.93. The molecule has 2 atom stereocenters. The fourth-order valence-corrected chi connectivity index (χ4v) is 4.43. The molecule has 2 unspecified atom stereocenters. The van der Waals surface area contributed by atoms with Crippen LogP contribution in [0.1, 0.15) is 57.9 Å². The first-order valence-corrected chi connectivity index (χ1v) is 10.3. The van der Waals surface area contributed by atoms with E-state index in [4.69, 9.17) is 10.5 Å². The minimum absolute atomic E-state index is 0. The second-order valence-corrected chi connectivity index (χ2v) is 8.41. The van der Waals surface area contributed by atoms with E-state index in [0.29, 0.717) is 19.5 Å². The molecule has 1 saturated heterocycles. The van der Waals surface area contributed by atoms with E-state index in [-0.39, 0.29) is 48.3 Å². The summed E-state index contributed by atoms with van der Waals surface area (Å²) in [6.45, 7) is 7.01. The molecule has 3 rings (SSSR count). The van der Waals surface area contributed by atoms with Gasteiger partial charge in [0.05, 0.1) is 12.2 Å². The third kappa shape index (κ3) is 7.28. The molecular formula is C21H36Cl2N4O2. The standard InChI is InChI=1S/C21H34N4O2.2ClH/c1-16-13-25(14-17(2)27-16)19-7-6-18(11-23-19)12-24-20(26)10-21(15-22)8-4-3-5-9-21;;/h6-7,11,16-17H,3-5,8-10,12-15,22H2,1-2H3,(H,24,26);2*1H. The molecule has 2 heterocycles. The molecule has 0 bridgehead atoms. The zero-order chi connectivity index (χ0) is 19.3. The number of carbonyl (C=O) groups excluding carboxylic acids is 1. The van der Waals surface area contributed by atoms with E-state index in [9.17, 15) is 4.79 Å². The molecule has 6 nitrogen and oxygen atoms in total. The second-order valence-electron chi connectivity index (χ2n) is 8.41. The molecule has 1 aliphatic heterocycles. The Kier molecular flexibility index (Phi) is 10.7. The molecule has 8 heteroatoms. The molecule has 3 N–H and O–H groups in total. The number of anilines is 1. The van der Waals surface area contributed by atoms with Gasteiger partial charge in [0.15, 0.2) is 0 Å². The Morgan fingerprint density at radius 1 is 1.21 bits per heavy atom. The number of pyridine rings is 1. The van der Waals surface area contributed by atoms with Gasteiger partial charge in [-0.05, 0) is 50.3 Å². The topological polar surface area (TPSA) is 80.5 Å². The van der Waals surface area contributed by atoms with Crippen molar-refractivity contribution in [3.63, 3.8) is 0 Å². The molecular weight excluding hydrogens is 411 g/mol. The molecule has 1 aliphatic carbocycles. The summed E-state index contributed by atoms with van der Waals surface area (Å²) < 4.78 is 5.78. The number of hydrogen-bond acceptors (Lipinski definition) is 5. The van der Waals surface area contributed by atoms with Gasteiger partial charge in [0.2, 0.25) is 5.91 Å². The van der Waals surface area contributed by atoms with Gasteiger partial charge in [0.25, 0.3) is 0 Å². The van der Waals surface area contributed by atoms with Crippen molar-refractivity contribution in [1.82, 2.24) is 10.3 Å². The first-order valence-electron chi connectivity index (χ1n) is 10.3. The highest BCUT2D eigenvalue weighted by molar-refractivity contribution is 5.85. The first kappa shape index (κ1) is 26.0. The molecule has 0 aromatic carbocycles. The lowest BCUT2D eigenvalue weighted by molar-refractivity contribution is -0.124. The van der Waals surface area contributed by atoms with Crippen molar-refractivity contribution < 1.29 is 9.53 Å².